The summed E-state index contributed by atoms with van der Waals surface area (Å²) in [6.07, 6.45) is 3.39. The molecule has 0 aromatic heterocycles. The zero-order valence-electron chi connectivity index (χ0n) is 10.7. The van der Waals surface area contributed by atoms with Gasteiger partial charge in [0, 0.05) is 31.0 Å². The normalized spacial score (nSPS) is 31.2. The molecule has 1 saturated carbocycles. The van der Waals surface area contributed by atoms with Crippen molar-refractivity contribution in [3.8, 4) is 0 Å². The van der Waals surface area contributed by atoms with Gasteiger partial charge in [-0.25, -0.2) is 0 Å². The van der Waals surface area contributed by atoms with Gasteiger partial charge in [0.05, 0.1) is 6.10 Å². The number of nitrogens with zero attached hydrogens (tertiary/aromatic N) is 2. The van der Waals surface area contributed by atoms with Crippen LogP contribution in [-0.4, -0.2) is 47.6 Å². The minimum Gasteiger partial charge on any atom is -0.376 e. The second kappa shape index (κ2) is 5.65. The molecule has 2 fully saturated rings. The molecule has 0 N–H and O–H groups in total. The highest BCUT2D eigenvalue weighted by Crippen LogP contribution is 2.35. The first-order valence-electron chi connectivity index (χ1n) is 6.67. The summed E-state index contributed by atoms with van der Waals surface area (Å²) in [4.78, 5) is 24.0. The maximum atomic E-state index is 12.1. The quantitative estimate of drug-likeness (QED) is 0.545. The third kappa shape index (κ3) is 2.98. The molecule has 2 rings (SSSR count). The van der Waals surface area contributed by atoms with Crippen LogP contribution in [0.25, 0.3) is 0 Å². The van der Waals surface area contributed by atoms with E-state index in [9.17, 15) is 14.9 Å². The second-order valence-electron chi connectivity index (χ2n) is 5.11. The van der Waals surface area contributed by atoms with Crippen LogP contribution in [0.5, 0.6) is 0 Å². The summed E-state index contributed by atoms with van der Waals surface area (Å²) in [6, 6.07) is -0.644. The lowest BCUT2D eigenvalue weighted by atomic mass is 10.1. The molecule has 3 atom stereocenters. The first-order chi connectivity index (χ1) is 8.63. The van der Waals surface area contributed by atoms with Gasteiger partial charge in [0.1, 0.15) is 5.92 Å². The maximum absolute atomic E-state index is 12.1. The molecule has 0 spiro atoms. The van der Waals surface area contributed by atoms with Crippen LogP contribution in [0.15, 0.2) is 0 Å². The molecular formula is C12H20N2O4. The zero-order valence-corrected chi connectivity index (χ0v) is 10.7. The first-order valence-corrected chi connectivity index (χ1v) is 6.67. The average Bonchev–Trinajstić information content (AvgIpc) is 3.16. The zero-order chi connectivity index (χ0) is 13.1. The summed E-state index contributed by atoms with van der Waals surface area (Å²) in [5, 5.41) is 10.6. The molecule has 0 unspecified atom stereocenters. The van der Waals surface area contributed by atoms with Crippen molar-refractivity contribution in [2.24, 2.45) is 5.92 Å². The third-order valence-electron chi connectivity index (χ3n) is 3.59. The maximum Gasteiger partial charge on any atom is 0.232 e. The van der Waals surface area contributed by atoms with E-state index in [1.807, 2.05) is 0 Å². The van der Waals surface area contributed by atoms with Crippen molar-refractivity contribution in [3.05, 3.63) is 10.1 Å². The molecular weight excluding hydrogens is 236 g/mol. The highest BCUT2D eigenvalue weighted by Gasteiger charge is 2.54. The number of likely N-dealkylation sites (tertiary alicyclic amines) is 1. The van der Waals surface area contributed by atoms with Crippen LogP contribution in [0, 0.1) is 16.0 Å². The van der Waals surface area contributed by atoms with Crippen LogP contribution >= 0.6 is 0 Å². The molecule has 2 aliphatic rings. The predicted molar refractivity (Wildman–Crippen MR) is 64.7 cm³/mol. The smallest absolute Gasteiger partial charge is 0.232 e. The van der Waals surface area contributed by atoms with E-state index in [0.717, 1.165) is 19.3 Å². The van der Waals surface area contributed by atoms with Crippen LogP contribution in [0.2, 0.25) is 0 Å². The Morgan fingerprint density at radius 2 is 2.33 bits per heavy atom. The molecule has 1 saturated heterocycles. The number of ether oxygens (including phenoxy) is 1. The predicted octanol–water partition coefficient (Wildman–Crippen LogP) is 1.07. The minimum absolute atomic E-state index is 0.0542. The summed E-state index contributed by atoms with van der Waals surface area (Å²) >= 11 is 0. The Morgan fingerprint density at radius 3 is 2.94 bits per heavy atom. The fraction of sp³-hybridized carbons (Fsp3) is 0.917. The molecule has 1 aliphatic carbocycles. The lowest BCUT2D eigenvalue weighted by molar-refractivity contribution is -0.497. The number of rotatable bonds is 5. The van der Waals surface area contributed by atoms with E-state index < -0.39 is 6.04 Å². The van der Waals surface area contributed by atoms with E-state index in [1.165, 1.54) is 0 Å². The molecule has 0 aromatic rings. The number of carbonyl (C=O) groups is 1. The largest absolute Gasteiger partial charge is 0.376 e. The van der Waals surface area contributed by atoms with Crippen LogP contribution < -0.4 is 0 Å². The Bertz CT molecular complexity index is 334. The van der Waals surface area contributed by atoms with Gasteiger partial charge in [-0.15, -0.1) is 0 Å². The summed E-state index contributed by atoms with van der Waals surface area (Å²) in [7, 11) is 0. The van der Waals surface area contributed by atoms with Crippen molar-refractivity contribution in [1.82, 2.24) is 4.90 Å². The molecule has 18 heavy (non-hydrogen) atoms. The summed E-state index contributed by atoms with van der Waals surface area (Å²) in [5.41, 5.74) is 0. The fourth-order valence-electron chi connectivity index (χ4n) is 2.47. The van der Waals surface area contributed by atoms with Gasteiger partial charge in [0.25, 0.3) is 0 Å². The van der Waals surface area contributed by atoms with Crippen LogP contribution in [0.4, 0.5) is 0 Å². The van der Waals surface area contributed by atoms with Crippen molar-refractivity contribution >= 4 is 5.91 Å². The summed E-state index contributed by atoms with van der Waals surface area (Å²) in [6.45, 7) is 4.08. The van der Waals surface area contributed by atoms with Gasteiger partial charge in [-0.05, 0) is 19.3 Å². The Hall–Kier alpha value is -1.17. The second-order valence-corrected chi connectivity index (χ2v) is 5.11. The number of hydrogen-bond donors (Lipinski definition) is 0. The van der Waals surface area contributed by atoms with Crippen molar-refractivity contribution in [1.29, 1.82) is 0 Å². The summed E-state index contributed by atoms with van der Waals surface area (Å²) < 4.78 is 5.66. The molecule has 102 valence electrons. The monoisotopic (exact) mass is 256 g/mol. The Morgan fingerprint density at radius 1 is 1.56 bits per heavy atom. The van der Waals surface area contributed by atoms with E-state index in [0.29, 0.717) is 26.1 Å². The first kappa shape index (κ1) is 13.3. The number of nitro groups is 1. The van der Waals surface area contributed by atoms with Gasteiger partial charge in [-0.3, -0.25) is 14.9 Å². The van der Waals surface area contributed by atoms with E-state index in [-0.39, 0.29) is 22.9 Å². The van der Waals surface area contributed by atoms with Crippen molar-refractivity contribution < 1.29 is 14.5 Å². The molecule has 0 aromatic carbocycles. The van der Waals surface area contributed by atoms with Gasteiger partial charge in [-0.2, -0.15) is 0 Å². The molecule has 1 aliphatic heterocycles. The van der Waals surface area contributed by atoms with Gasteiger partial charge in [0.15, 0.2) is 0 Å². The lowest BCUT2D eigenvalue weighted by Crippen LogP contribution is -2.44. The van der Waals surface area contributed by atoms with Crippen molar-refractivity contribution in [2.45, 2.75) is 44.8 Å². The Labute approximate surface area is 106 Å². The van der Waals surface area contributed by atoms with Crippen LogP contribution in [0.1, 0.15) is 32.6 Å². The van der Waals surface area contributed by atoms with E-state index in [1.54, 1.807) is 4.90 Å². The molecule has 0 radical (unpaired) electrons. The van der Waals surface area contributed by atoms with E-state index in [4.69, 9.17) is 4.74 Å². The number of piperidine rings is 1. The minimum atomic E-state index is -0.644. The Kier molecular flexibility index (Phi) is 4.16. The lowest BCUT2D eigenvalue weighted by Gasteiger charge is -2.32. The number of hydrogen-bond acceptors (Lipinski definition) is 4. The van der Waals surface area contributed by atoms with E-state index >= 15 is 0 Å². The van der Waals surface area contributed by atoms with Crippen LogP contribution in [0.3, 0.4) is 0 Å². The standard InChI is InChI=1S/C12H20N2O4/c1-2-6-18-9-4-3-5-13(8-9)12(15)10-7-11(10)14(16)17/h9-11H,2-8H2,1H3/t9-,10-,11+/m1/s1. The average molecular weight is 256 g/mol. The van der Waals surface area contributed by atoms with E-state index in [2.05, 4.69) is 6.92 Å². The molecule has 6 heteroatoms. The van der Waals surface area contributed by atoms with Gasteiger partial charge >= 0.3 is 0 Å². The van der Waals surface area contributed by atoms with Gasteiger partial charge in [0.2, 0.25) is 11.9 Å². The topological polar surface area (TPSA) is 72.7 Å². The summed E-state index contributed by atoms with van der Waals surface area (Å²) in [5.74, 6) is -0.438. The number of amides is 1. The molecule has 1 heterocycles. The van der Waals surface area contributed by atoms with Crippen molar-refractivity contribution in [2.75, 3.05) is 19.7 Å². The molecule has 0 bridgehead atoms. The molecule has 1 amide bonds. The Balaban J connectivity index is 1.82. The highest BCUT2D eigenvalue weighted by molar-refractivity contribution is 5.82. The SMILES string of the molecule is CCCO[C@@H]1CCCN(C(=O)[C@@H]2C[C@@H]2[N+](=O)[O-])C1. The van der Waals surface area contributed by atoms with Gasteiger partial charge < -0.3 is 9.64 Å². The number of carbonyl (C=O) groups excluding carboxylic acids is 1. The van der Waals surface area contributed by atoms with Crippen LogP contribution in [-0.2, 0) is 9.53 Å². The van der Waals surface area contributed by atoms with Gasteiger partial charge in [-0.1, -0.05) is 6.92 Å². The molecule has 6 nitrogen and oxygen atoms in total. The van der Waals surface area contributed by atoms with Crippen molar-refractivity contribution in [3.63, 3.8) is 0 Å². The third-order valence-corrected chi connectivity index (χ3v) is 3.59. The fourth-order valence-corrected chi connectivity index (χ4v) is 2.47. The highest BCUT2D eigenvalue weighted by atomic mass is 16.6.